The number of likely N-dealkylation sites (tertiary alicyclic amines) is 2. The zero-order valence-corrected chi connectivity index (χ0v) is 18.2. The number of H-pyrrole nitrogens is 1. The number of aromatic amines is 1. The first-order valence-electron chi connectivity index (χ1n) is 11.2. The maximum atomic E-state index is 13.4. The Labute approximate surface area is 186 Å². The largest absolute Gasteiger partial charge is 0.497 e. The molecule has 2 aromatic heterocycles. The van der Waals surface area contributed by atoms with Crippen LogP contribution in [0.25, 0.3) is 11.0 Å². The van der Waals surface area contributed by atoms with Crippen molar-refractivity contribution in [2.75, 3.05) is 26.7 Å². The fourth-order valence-corrected chi connectivity index (χ4v) is 4.83. The summed E-state index contributed by atoms with van der Waals surface area (Å²) in [5, 5.41) is 0. The van der Waals surface area contributed by atoms with E-state index in [0.717, 1.165) is 42.0 Å². The zero-order valence-electron chi connectivity index (χ0n) is 18.2. The van der Waals surface area contributed by atoms with E-state index in [1.54, 1.807) is 43.8 Å². The Morgan fingerprint density at radius 2 is 1.84 bits per heavy atom. The minimum absolute atomic E-state index is 0.00786. The smallest absolute Gasteiger partial charge is 0.253 e. The maximum absolute atomic E-state index is 13.4. The molecule has 8 heteroatoms. The number of carbonyl (C=O) groups excluding carboxylic acids is 2. The van der Waals surface area contributed by atoms with Crippen molar-refractivity contribution in [2.45, 2.75) is 31.7 Å². The summed E-state index contributed by atoms with van der Waals surface area (Å²) in [5.74, 6) is 1.70. The number of amides is 2. The van der Waals surface area contributed by atoms with E-state index in [-0.39, 0.29) is 23.8 Å². The molecule has 2 aliphatic heterocycles. The predicted molar refractivity (Wildman–Crippen MR) is 119 cm³/mol. The number of nitrogens with one attached hydrogen (secondary N) is 1. The Kier molecular flexibility index (Phi) is 5.51. The number of rotatable bonds is 4. The summed E-state index contributed by atoms with van der Waals surface area (Å²) in [6, 6.07) is 9.03. The number of imidazole rings is 1. The molecule has 32 heavy (non-hydrogen) atoms. The van der Waals surface area contributed by atoms with Gasteiger partial charge < -0.3 is 19.5 Å². The number of piperidine rings is 1. The monoisotopic (exact) mass is 433 g/mol. The molecule has 1 atom stereocenters. The fourth-order valence-electron chi connectivity index (χ4n) is 4.83. The van der Waals surface area contributed by atoms with Crippen molar-refractivity contribution in [3.05, 3.63) is 54.1 Å². The van der Waals surface area contributed by atoms with Gasteiger partial charge in [0.25, 0.3) is 5.91 Å². The third kappa shape index (κ3) is 3.81. The van der Waals surface area contributed by atoms with Crippen LogP contribution >= 0.6 is 0 Å². The molecule has 1 unspecified atom stereocenters. The average molecular weight is 434 g/mol. The van der Waals surface area contributed by atoms with Crippen LogP contribution in [-0.4, -0.2) is 63.3 Å². The highest BCUT2D eigenvalue weighted by molar-refractivity contribution is 5.94. The molecule has 166 valence electrons. The molecular weight excluding hydrogens is 406 g/mol. The topological polar surface area (TPSA) is 91.4 Å². The minimum atomic E-state index is -0.0541. The van der Waals surface area contributed by atoms with Crippen molar-refractivity contribution in [3.8, 4) is 5.75 Å². The van der Waals surface area contributed by atoms with E-state index in [9.17, 15) is 9.59 Å². The van der Waals surface area contributed by atoms with Crippen molar-refractivity contribution < 1.29 is 14.3 Å². The highest BCUT2D eigenvalue weighted by Crippen LogP contribution is 2.34. The van der Waals surface area contributed by atoms with Gasteiger partial charge in [0.15, 0.2) is 0 Å². The molecule has 0 aliphatic carbocycles. The fraction of sp³-hybridized carbons (Fsp3) is 0.417. The van der Waals surface area contributed by atoms with Crippen molar-refractivity contribution in [3.63, 3.8) is 0 Å². The van der Waals surface area contributed by atoms with E-state index < -0.39 is 0 Å². The Bertz CT molecular complexity index is 1090. The first-order valence-corrected chi connectivity index (χ1v) is 11.2. The van der Waals surface area contributed by atoms with Gasteiger partial charge >= 0.3 is 0 Å². The van der Waals surface area contributed by atoms with Gasteiger partial charge in [-0.2, -0.15) is 0 Å². The molecule has 0 saturated carbocycles. The molecule has 8 nitrogen and oxygen atoms in total. The van der Waals surface area contributed by atoms with Gasteiger partial charge in [0.1, 0.15) is 11.6 Å². The molecular formula is C24H27N5O3. The summed E-state index contributed by atoms with van der Waals surface area (Å²) in [7, 11) is 1.61. The lowest BCUT2D eigenvalue weighted by molar-refractivity contribution is -0.138. The van der Waals surface area contributed by atoms with Crippen molar-refractivity contribution in [1.82, 2.24) is 24.8 Å². The molecule has 2 fully saturated rings. The van der Waals surface area contributed by atoms with E-state index in [0.29, 0.717) is 31.5 Å². The number of fused-ring (bicyclic) bond motifs is 1. The third-order valence-electron chi connectivity index (χ3n) is 6.62. The Morgan fingerprint density at radius 3 is 2.56 bits per heavy atom. The molecule has 2 amide bonds. The Balaban J connectivity index is 1.23. The predicted octanol–water partition coefficient (Wildman–Crippen LogP) is 3.18. The van der Waals surface area contributed by atoms with Gasteiger partial charge in [0, 0.05) is 37.3 Å². The number of carbonyl (C=O) groups is 2. The quantitative estimate of drug-likeness (QED) is 0.682. The minimum Gasteiger partial charge on any atom is -0.497 e. The lowest BCUT2D eigenvalue weighted by atomic mass is 9.94. The van der Waals surface area contributed by atoms with Gasteiger partial charge in [-0.25, -0.2) is 4.98 Å². The lowest BCUT2D eigenvalue weighted by Gasteiger charge is -2.34. The van der Waals surface area contributed by atoms with Crippen LogP contribution in [0.5, 0.6) is 5.75 Å². The lowest BCUT2D eigenvalue weighted by Crippen LogP contribution is -2.44. The van der Waals surface area contributed by atoms with E-state index in [1.165, 1.54) is 0 Å². The number of aromatic nitrogens is 3. The molecule has 0 spiro atoms. The van der Waals surface area contributed by atoms with E-state index in [1.807, 2.05) is 15.9 Å². The van der Waals surface area contributed by atoms with Gasteiger partial charge in [-0.1, -0.05) is 0 Å². The summed E-state index contributed by atoms with van der Waals surface area (Å²) in [4.78, 5) is 42.2. The van der Waals surface area contributed by atoms with E-state index in [2.05, 4.69) is 9.97 Å². The van der Waals surface area contributed by atoms with Gasteiger partial charge in [0.2, 0.25) is 5.91 Å². The van der Waals surface area contributed by atoms with E-state index >= 15 is 0 Å². The second kappa shape index (κ2) is 8.61. The first-order chi connectivity index (χ1) is 15.6. The number of benzene rings is 1. The molecule has 2 saturated heterocycles. The number of methoxy groups -OCH3 is 1. The number of nitrogens with zero attached hydrogens (tertiary/aromatic N) is 4. The number of hydrogen-bond donors (Lipinski definition) is 1. The number of pyridine rings is 1. The van der Waals surface area contributed by atoms with Crippen molar-refractivity contribution >= 4 is 22.8 Å². The Morgan fingerprint density at radius 1 is 1.06 bits per heavy atom. The van der Waals surface area contributed by atoms with E-state index in [4.69, 9.17) is 9.72 Å². The molecule has 1 N–H and O–H groups in total. The van der Waals surface area contributed by atoms with Crippen LogP contribution in [0, 0.1) is 5.92 Å². The SMILES string of the molecule is COc1ccc(C(=O)N2CCC(C(=O)N3CCCC3c3nc4ccncc4[nH]3)CC2)cc1. The standard InChI is InChI=1S/C24H27N5O3/c1-32-18-6-4-16(5-7-18)23(30)28-13-9-17(10-14-28)24(31)29-12-2-3-21(29)22-26-19-8-11-25-15-20(19)27-22/h4-8,11,15,17,21H,2-3,9-10,12-14H2,1H3,(H,26,27). The van der Waals surface area contributed by atoms with Crippen molar-refractivity contribution in [2.24, 2.45) is 5.92 Å². The first kappa shape index (κ1) is 20.5. The molecule has 0 radical (unpaired) electrons. The van der Waals surface area contributed by atoms with Crippen LogP contribution in [0.15, 0.2) is 42.7 Å². The van der Waals surface area contributed by atoms with Crippen LogP contribution < -0.4 is 4.74 Å². The van der Waals surface area contributed by atoms with Gasteiger partial charge in [-0.3, -0.25) is 14.6 Å². The molecule has 1 aromatic carbocycles. The van der Waals surface area contributed by atoms with Crippen LogP contribution in [0.4, 0.5) is 0 Å². The summed E-state index contributed by atoms with van der Waals surface area (Å²) in [6.45, 7) is 1.94. The molecule has 4 heterocycles. The van der Waals surface area contributed by atoms with Crippen LogP contribution in [0.1, 0.15) is 47.9 Å². The molecule has 3 aromatic rings. The summed E-state index contributed by atoms with van der Waals surface area (Å²) in [5.41, 5.74) is 2.42. The molecule has 5 rings (SSSR count). The third-order valence-corrected chi connectivity index (χ3v) is 6.62. The summed E-state index contributed by atoms with van der Waals surface area (Å²) >= 11 is 0. The summed E-state index contributed by atoms with van der Waals surface area (Å²) < 4.78 is 5.16. The number of ether oxygens (including phenoxy) is 1. The van der Waals surface area contributed by atoms with Gasteiger partial charge in [-0.05, 0) is 56.0 Å². The van der Waals surface area contributed by atoms with Crippen LogP contribution in [0.2, 0.25) is 0 Å². The van der Waals surface area contributed by atoms with Crippen molar-refractivity contribution in [1.29, 1.82) is 0 Å². The summed E-state index contributed by atoms with van der Waals surface area (Å²) in [6.07, 6.45) is 6.75. The highest BCUT2D eigenvalue weighted by atomic mass is 16.5. The number of hydrogen-bond acceptors (Lipinski definition) is 5. The second-order valence-electron chi connectivity index (χ2n) is 8.50. The van der Waals surface area contributed by atoms with Gasteiger partial charge in [-0.15, -0.1) is 0 Å². The van der Waals surface area contributed by atoms with Crippen LogP contribution in [0.3, 0.4) is 0 Å². The molecule has 2 aliphatic rings. The highest BCUT2D eigenvalue weighted by Gasteiger charge is 2.37. The maximum Gasteiger partial charge on any atom is 0.253 e. The zero-order chi connectivity index (χ0) is 22.1. The average Bonchev–Trinajstić information content (AvgIpc) is 3.50. The Hall–Kier alpha value is -3.42. The normalized spacial score (nSPS) is 19.5. The van der Waals surface area contributed by atoms with Crippen LogP contribution in [-0.2, 0) is 4.79 Å². The van der Waals surface area contributed by atoms with Gasteiger partial charge in [0.05, 0.1) is 30.4 Å². The second-order valence-corrected chi connectivity index (χ2v) is 8.50. The molecule has 0 bridgehead atoms.